The van der Waals surface area contributed by atoms with E-state index >= 15 is 0 Å². The highest BCUT2D eigenvalue weighted by atomic mass is 35.5. The highest BCUT2D eigenvalue weighted by molar-refractivity contribution is 6.37. The first-order chi connectivity index (χ1) is 15.3. The number of carboxylic acid groups (broad SMARTS) is 1. The average Bonchev–Trinajstić information content (AvgIpc) is 3.17. The van der Waals surface area contributed by atoms with E-state index in [9.17, 15) is 19.5 Å². The van der Waals surface area contributed by atoms with Crippen LogP contribution in [-0.2, 0) is 21.0 Å². The molecule has 11 heteroatoms. The topological polar surface area (TPSA) is 134 Å². The van der Waals surface area contributed by atoms with Crippen molar-refractivity contribution in [3.05, 3.63) is 74.1 Å². The number of nitrogens with zero attached hydrogens (tertiary/aromatic N) is 2. The maximum Gasteiger partial charge on any atom is 0.308 e. The minimum Gasteiger partial charge on any atom is -0.481 e. The van der Waals surface area contributed by atoms with E-state index in [1.807, 2.05) is 0 Å². The second kappa shape index (κ2) is 8.60. The highest BCUT2D eigenvalue weighted by Gasteiger charge is 2.49. The molecule has 0 aliphatic carbocycles. The zero-order valence-electron chi connectivity index (χ0n) is 16.4. The van der Waals surface area contributed by atoms with E-state index in [-0.39, 0.29) is 18.5 Å². The number of amides is 1. The van der Waals surface area contributed by atoms with Gasteiger partial charge in [0.15, 0.2) is 0 Å². The van der Waals surface area contributed by atoms with Crippen LogP contribution < -0.4 is 10.9 Å². The standard InChI is InChI=1S/C21H16Cl2N4O5/c22-11-5-6-14(15(23)7-11)16-8-21(32-27-16,9-18(28)29)20(31)24-10-17-12-3-1-2-4-13(12)19(30)26-25-17/h1-7H,8-10H2,(H,24,31)(H,26,30)(H,28,29). The van der Waals surface area contributed by atoms with E-state index in [1.54, 1.807) is 36.4 Å². The minimum absolute atomic E-state index is 0.0576. The van der Waals surface area contributed by atoms with E-state index < -0.39 is 23.9 Å². The minimum atomic E-state index is -1.76. The molecule has 4 rings (SSSR count). The molecule has 2 aromatic carbocycles. The molecule has 0 radical (unpaired) electrons. The van der Waals surface area contributed by atoms with Crippen molar-refractivity contribution >= 4 is 51.6 Å². The van der Waals surface area contributed by atoms with Crippen LogP contribution in [0.2, 0.25) is 10.0 Å². The van der Waals surface area contributed by atoms with Crippen LogP contribution in [0.25, 0.3) is 10.8 Å². The van der Waals surface area contributed by atoms with Crippen molar-refractivity contribution in [3.63, 3.8) is 0 Å². The molecule has 1 amide bonds. The predicted octanol–water partition coefficient (Wildman–Crippen LogP) is 2.88. The normalized spacial score (nSPS) is 17.6. The highest BCUT2D eigenvalue weighted by Crippen LogP contribution is 2.33. The molecule has 0 bridgehead atoms. The molecule has 3 N–H and O–H groups in total. The molecular formula is C21H16Cl2N4O5. The molecule has 1 atom stereocenters. The van der Waals surface area contributed by atoms with Crippen molar-refractivity contribution in [2.24, 2.45) is 5.16 Å². The van der Waals surface area contributed by atoms with Crippen LogP contribution in [0.15, 0.2) is 52.4 Å². The maximum absolute atomic E-state index is 13.1. The van der Waals surface area contributed by atoms with Gasteiger partial charge in [0.05, 0.1) is 34.8 Å². The largest absolute Gasteiger partial charge is 0.481 e. The van der Waals surface area contributed by atoms with Crippen LogP contribution in [0.3, 0.4) is 0 Å². The summed E-state index contributed by atoms with van der Waals surface area (Å²) in [6.07, 6.45) is -0.719. The molecule has 0 fully saturated rings. The molecule has 1 aromatic heterocycles. The van der Waals surface area contributed by atoms with Gasteiger partial charge in [0, 0.05) is 22.4 Å². The molecule has 1 aliphatic heterocycles. The van der Waals surface area contributed by atoms with E-state index in [4.69, 9.17) is 28.0 Å². The van der Waals surface area contributed by atoms with Gasteiger partial charge < -0.3 is 15.3 Å². The second-order valence-electron chi connectivity index (χ2n) is 7.22. The van der Waals surface area contributed by atoms with Crippen LogP contribution in [0.5, 0.6) is 0 Å². The van der Waals surface area contributed by atoms with Crippen molar-refractivity contribution in [2.45, 2.75) is 25.0 Å². The van der Waals surface area contributed by atoms with Crippen molar-refractivity contribution in [1.29, 1.82) is 0 Å². The predicted molar refractivity (Wildman–Crippen MR) is 118 cm³/mol. The summed E-state index contributed by atoms with van der Waals surface area (Å²) in [5, 5.41) is 24.1. The lowest BCUT2D eigenvalue weighted by molar-refractivity contribution is -0.156. The fourth-order valence-corrected chi connectivity index (χ4v) is 4.04. The van der Waals surface area contributed by atoms with Gasteiger partial charge in [0.25, 0.3) is 11.5 Å². The molecule has 0 saturated carbocycles. The third kappa shape index (κ3) is 4.17. The quantitative estimate of drug-likeness (QED) is 0.502. The van der Waals surface area contributed by atoms with Gasteiger partial charge in [-0.05, 0) is 18.2 Å². The Morgan fingerprint density at radius 3 is 2.66 bits per heavy atom. The number of carbonyl (C=O) groups excluding carboxylic acids is 1. The Morgan fingerprint density at radius 2 is 1.94 bits per heavy atom. The fraction of sp³-hybridized carbons (Fsp3) is 0.190. The molecule has 0 saturated heterocycles. The van der Waals surface area contributed by atoms with Crippen molar-refractivity contribution in [1.82, 2.24) is 15.5 Å². The number of nitrogens with one attached hydrogen (secondary N) is 2. The molecular weight excluding hydrogens is 459 g/mol. The van der Waals surface area contributed by atoms with E-state index in [0.29, 0.717) is 37.8 Å². The third-order valence-corrected chi connectivity index (χ3v) is 5.62. The Morgan fingerprint density at radius 1 is 1.19 bits per heavy atom. The van der Waals surface area contributed by atoms with Crippen molar-refractivity contribution in [3.8, 4) is 0 Å². The number of hydrogen-bond donors (Lipinski definition) is 3. The Balaban J connectivity index is 1.57. The summed E-state index contributed by atoms with van der Waals surface area (Å²) in [5.41, 5.74) is -0.878. The first-order valence-corrected chi connectivity index (χ1v) is 10.2. The summed E-state index contributed by atoms with van der Waals surface area (Å²) < 4.78 is 0. The van der Waals surface area contributed by atoms with Crippen LogP contribution in [-0.4, -0.2) is 38.5 Å². The van der Waals surface area contributed by atoms with Crippen LogP contribution in [0.1, 0.15) is 24.1 Å². The zero-order chi connectivity index (χ0) is 22.9. The SMILES string of the molecule is O=C(O)CC1(C(=O)NCc2n[nH]c(=O)c3ccccc23)CC(c2ccc(Cl)cc2Cl)=NO1. The van der Waals surface area contributed by atoms with Gasteiger partial charge in [-0.2, -0.15) is 5.10 Å². The summed E-state index contributed by atoms with van der Waals surface area (Å²) in [5.74, 6) is -1.91. The molecule has 2 heterocycles. The Bertz CT molecular complexity index is 1320. The zero-order valence-corrected chi connectivity index (χ0v) is 17.9. The van der Waals surface area contributed by atoms with Gasteiger partial charge in [-0.3, -0.25) is 14.4 Å². The molecule has 32 heavy (non-hydrogen) atoms. The number of benzene rings is 2. The Labute approximate surface area is 191 Å². The molecule has 1 unspecified atom stereocenters. The fourth-order valence-electron chi connectivity index (χ4n) is 3.52. The smallest absolute Gasteiger partial charge is 0.308 e. The van der Waals surface area contributed by atoms with E-state index in [1.165, 1.54) is 6.07 Å². The lowest BCUT2D eigenvalue weighted by Gasteiger charge is -2.23. The maximum atomic E-state index is 13.1. The second-order valence-corrected chi connectivity index (χ2v) is 8.07. The lowest BCUT2D eigenvalue weighted by atomic mass is 9.90. The van der Waals surface area contributed by atoms with E-state index in [0.717, 1.165) is 0 Å². The summed E-state index contributed by atoms with van der Waals surface area (Å²) in [6, 6.07) is 11.6. The summed E-state index contributed by atoms with van der Waals surface area (Å²) in [6.45, 7) is -0.0576. The van der Waals surface area contributed by atoms with Crippen LogP contribution >= 0.6 is 23.2 Å². The first-order valence-electron chi connectivity index (χ1n) is 9.46. The number of oxime groups is 1. The summed E-state index contributed by atoms with van der Waals surface area (Å²) in [4.78, 5) is 41.9. The molecule has 3 aromatic rings. The average molecular weight is 475 g/mol. The molecule has 0 spiro atoms. The van der Waals surface area contributed by atoms with Gasteiger partial charge >= 0.3 is 5.97 Å². The summed E-state index contributed by atoms with van der Waals surface area (Å²) in [7, 11) is 0. The number of H-pyrrole nitrogens is 1. The number of rotatable bonds is 6. The number of aromatic amines is 1. The number of carbonyl (C=O) groups is 2. The van der Waals surface area contributed by atoms with Crippen molar-refractivity contribution < 1.29 is 19.5 Å². The van der Waals surface area contributed by atoms with Gasteiger partial charge in [-0.15, -0.1) is 0 Å². The van der Waals surface area contributed by atoms with Gasteiger partial charge in [-0.25, -0.2) is 5.10 Å². The van der Waals surface area contributed by atoms with Gasteiger partial charge in [0.2, 0.25) is 5.60 Å². The number of aliphatic carboxylic acids is 1. The number of halogens is 2. The third-order valence-electron chi connectivity index (χ3n) is 5.07. The summed E-state index contributed by atoms with van der Waals surface area (Å²) >= 11 is 12.1. The lowest BCUT2D eigenvalue weighted by Crippen LogP contribution is -2.48. The Hall–Kier alpha value is -3.43. The van der Waals surface area contributed by atoms with Crippen LogP contribution in [0, 0.1) is 0 Å². The molecule has 1 aliphatic rings. The number of carboxylic acids is 1. The first kappa shape index (κ1) is 21.8. The van der Waals surface area contributed by atoms with Crippen molar-refractivity contribution in [2.75, 3.05) is 0 Å². The van der Waals surface area contributed by atoms with Crippen LogP contribution in [0.4, 0.5) is 0 Å². The number of aromatic nitrogens is 2. The van der Waals surface area contributed by atoms with E-state index in [2.05, 4.69) is 20.7 Å². The van der Waals surface area contributed by atoms with Gasteiger partial charge in [-0.1, -0.05) is 52.6 Å². The number of fused-ring (bicyclic) bond motifs is 1. The monoisotopic (exact) mass is 474 g/mol. The Kier molecular flexibility index (Phi) is 5.86. The number of hydrogen-bond acceptors (Lipinski definition) is 6. The molecule has 164 valence electrons. The molecule has 9 nitrogen and oxygen atoms in total. The van der Waals surface area contributed by atoms with Gasteiger partial charge in [0.1, 0.15) is 0 Å².